The molecule has 4 nitrogen and oxygen atoms in total. The van der Waals surface area contributed by atoms with E-state index in [0.717, 1.165) is 40.0 Å². The summed E-state index contributed by atoms with van der Waals surface area (Å²) in [5, 5.41) is 4.46. The van der Waals surface area contributed by atoms with E-state index in [-0.39, 0.29) is 6.04 Å². The van der Waals surface area contributed by atoms with Gasteiger partial charge in [-0.15, -0.1) is 0 Å². The Morgan fingerprint density at radius 3 is 2.48 bits per heavy atom. The van der Waals surface area contributed by atoms with Gasteiger partial charge in [0, 0.05) is 13.1 Å². The number of rotatable bonds is 6. The molecule has 0 saturated carbocycles. The van der Waals surface area contributed by atoms with Gasteiger partial charge in [-0.1, -0.05) is 26.0 Å². The highest BCUT2D eigenvalue weighted by Crippen LogP contribution is 2.24. The molecule has 0 spiro atoms. The molecule has 2 N–H and O–H groups in total. The number of hydrogen-bond donors (Lipinski definition) is 1. The van der Waals surface area contributed by atoms with Crippen LogP contribution in [0.4, 0.5) is 0 Å². The molecule has 0 amide bonds. The highest BCUT2D eigenvalue weighted by atomic mass is 79.9. The molecule has 1 heterocycles. The molecule has 0 aliphatic heterocycles. The number of ether oxygens (including phenoxy) is 1. The Morgan fingerprint density at radius 2 is 1.95 bits per heavy atom. The van der Waals surface area contributed by atoms with E-state index in [0.29, 0.717) is 6.61 Å². The van der Waals surface area contributed by atoms with Gasteiger partial charge in [-0.05, 0) is 46.5 Å². The number of aromatic nitrogens is 2. The Bertz CT molecular complexity index is 592. The smallest absolute Gasteiger partial charge is 0.131 e. The fraction of sp³-hybridized carbons (Fsp3) is 0.438. The maximum Gasteiger partial charge on any atom is 0.131 e. The topological polar surface area (TPSA) is 53.1 Å². The molecule has 5 heteroatoms. The van der Waals surface area contributed by atoms with Crippen molar-refractivity contribution in [1.29, 1.82) is 0 Å². The van der Waals surface area contributed by atoms with E-state index in [1.54, 1.807) is 0 Å². The Balaban J connectivity index is 2.05. The summed E-state index contributed by atoms with van der Waals surface area (Å²) in [5.74, 6) is 0.841. The summed E-state index contributed by atoms with van der Waals surface area (Å²) < 4.78 is 8.75. The lowest BCUT2D eigenvalue weighted by atomic mass is 10.1. The van der Waals surface area contributed by atoms with Crippen LogP contribution < -0.4 is 10.5 Å². The minimum absolute atomic E-state index is 0.0948. The van der Waals surface area contributed by atoms with Gasteiger partial charge in [-0.2, -0.15) is 5.10 Å². The van der Waals surface area contributed by atoms with Crippen molar-refractivity contribution in [1.82, 2.24) is 9.78 Å². The summed E-state index contributed by atoms with van der Waals surface area (Å²) in [4.78, 5) is 0. The van der Waals surface area contributed by atoms with Crippen LogP contribution in [0.25, 0.3) is 0 Å². The van der Waals surface area contributed by atoms with Gasteiger partial charge >= 0.3 is 0 Å². The average Bonchev–Trinajstić information content (AvgIpc) is 2.79. The largest absolute Gasteiger partial charge is 0.487 e. The van der Waals surface area contributed by atoms with Crippen LogP contribution in [0.1, 0.15) is 43.3 Å². The monoisotopic (exact) mass is 351 g/mol. The highest BCUT2D eigenvalue weighted by molar-refractivity contribution is 9.10. The lowest BCUT2D eigenvalue weighted by Crippen LogP contribution is -2.08. The standard InChI is InChI=1S/C16H22BrN3O/c1-4-13(18)11-6-8-12(9-7-11)21-10-15-16(17)14(5-2)19-20(15)3/h6-9,13H,4-5,10,18H2,1-3H3/t13-/m1/s1. The second-order valence-corrected chi connectivity index (χ2v) is 5.85. The first-order valence-corrected chi connectivity index (χ1v) is 8.04. The highest BCUT2D eigenvalue weighted by Gasteiger charge is 2.13. The van der Waals surface area contributed by atoms with E-state index >= 15 is 0 Å². The van der Waals surface area contributed by atoms with Crippen molar-refractivity contribution < 1.29 is 4.74 Å². The molecule has 114 valence electrons. The van der Waals surface area contributed by atoms with Gasteiger partial charge in [0.1, 0.15) is 12.4 Å². The molecular weight excluding hydrogens is 330 g/mol. The molecule has 21 heavy (non-hydrogen) atoms. The molecule has 0 fully saturated rings. The number of nitrogens with zero attached hydrogens (tertiary/aromatic N) is 2. The van der Waals surface area contributed by atoms with Crippen LogP contribution in [0.2, 0.25) is 0 Å². The van der Waals surface area contributed by atoms with Crippen LogP contribution in [0, 0.1) is 0 Å². The maximum atomic E-state index is 6.01. The van der Waals surface area contributed by atoms with E-state index < -0.39 is 0 Å². The number of halogens is 1. The number of hydrogen-bond acceptors (Lipinski definition) is 3. The molecule has 2 aromatic rings. The van der Waals surface area contributed by atoms with Crippen LogP contribution >= 0.6 is 15.9 Å². The number of benzene rings is 1. The Kier molecular flexibility index (Phi) is 5.42. The normalized spacial score (nSPS) is 12.4. The minimum atomic E-state index is 0.0948. The molecule has 0 saturated heterocycles. The Labute approximate surface area is 134 Å². The third-order valence-corrected chi connectivity index (χ3v) is 4.54. The van der Waals surface area contributed by atoms with Crippen molar-refractivity contribution in [2.75, 3.05) is 0 Å². The zero-order valence-corrected chi connectivity index (χ0v) is 14.4. The number of aryl methyl sites for hydroxylation is 2. The molecule has 0 aliphatic rings. The minimum Gasteiger partial charge on any atom is -0.487 e. The van der Waals surface area contributed by atoms with E-state index in [1.807, 2.05) is 36.0 Å². The molecule has 0 bridgehead atoms. The summed E-state index contributed by atoms with van der Waals surface area (Å²) >= 11 is 3.60. The maximum absolute atomic E-state index is 6.01. The summed E-state index contributed by atoms with van der Waals surface area (Å²) in [6.07, 6.45) is 1.83. The molecule has 1 aromatic heterocycles. The van der Waals surface area contributed by atoms with Gasteiger partial charge in [-0.3, -0.25) is 4.68 Å². The van der Waals surface area contributed by atoms with E-state index in [9.17, 15) is 0 Å². The van der Waals surface area contributed by atoms with Gasteiger partial charge in [0.25, 0.3) is 0 Å². The average molecular weight is 352 g/mol. The van der Waals surface area contributed by atoms with E-state index in [1.165, 1.54) is 0 Å². The van der Waals surface area contributed by atoms with Crippen LogP contribution in [0.15, 0.2) is 28.7 Å². The zero-order chi connectivity index (χ0) is 15.4. The van der Waals surface area contributed by atoms with Crippen molar-refractivity contribution >= 4 is 15.9 Å². The predicted molar refractivity (Wildman–Crippen MR) is 88.3 cm³/mol. The molecule has 0 radical (unpaired) electrons. The van der Waals surface area contributed by atoms with Crippen LogP contribution in [-0.4, -0.2) is 9.78 Å². The van der Waals surface area contributed by atoms with Gasteiger partial charge in [0.05, 0.1) is 15.9 Å². The van der Waals surface area contributed by atoms with Gasteiger partial charge in [-0.25, -0.2) is 0 Å². The van der Waals surface area contributed by atoms with Crippen molar-refractivity contribution in [2.45, 2.75) is 39.3 Å². The van der Waals surface area contributed by atoms with Crippen molar-refractivity contribution in [3.8, 4) is 5.75 Å². The van der Waals surface area contributed by atoms with Crippen molar-refractivity contribution in [3.05, 3.63) is 45.7 Å². The Hall–Kier alpha value is -1.33. The van der Waals surface area contributed by atoms with Crippen LogP contribution in [0.3, 0.4) is 0 Å². The molecular formula is C16H22BrN3O. The first kappa shape index (κ1) is 16.0. The molecule has 0 aliphatic carbocycles. The first-order valence-electron chi connectivity index (χ1n) is 7.25. The van der Waals surface area contributed by atoms with Gasteiger partial charge < -0.3 is 10.5 Å². The fourth-order valence-corrected chi connectivity index (χ4v) is 2.91. The van der Waals surface area contributed by atoms with Gasteiger partial charge in [0.15, 0.2) is 0 Å². The lowest BCUT2D eigenvalue weighted by molar-refractivity contribution is 0.294. The fourth-order valence-electron chi connectivity index (χ4n) is 2.18. The molecule has 1 aromatic carbocycles. The predicted octanol–water partition coefficient (Wildman–Crippen LogP) is 3.73. The van der Waals surface area contributed by atoms with Crippen LogP contribution in [0.5, 0.6) is 5.75 Å². The van der Waals surface area contributed by atoms with Crippen molar-refractivity contribution in [2.24, 2.45) is 12.8 Å². The third kappa shape index (κ3) is 3.66. The molecule has 0 unspecified atom stereocenters. The molecule has 1 atom stereocenters. The third-order valence-electron chi connectivity index (χ3n) is 3.63. The number of nitrogens with two attached hydrogens (primary N) is 1. The summed E-state index contributed by atoms with van der Waals surface area (Å²) in [6.45, 7) is 4.66. The van der Waals surface area contributed by atoms with Gasteiger partial charge in [0.2, 0.25) is 0 Å². The van der Waals surface area contributed by atoms with E-state index in [2.05, 4.69) is 34.9 Å². The van der Waals surface area contributed by atoms with E-state index in [4.69, 9.17) is 10.5 Å². The molecule has 2 rings (SSSR count). The van der Waals surface area contributed by atoms with Crippen LogP contribution in [-0.2, 0) is 20.1 Å². The second-order valence-electron chi connectivity index (χ2n) is 5.06. The second kappa shape index (κ2) is 7.09. The first-order chi connectivity index (χ1) is 10.1. The zero-order valence-electron chi connectivity index (χ0n) is 12.8. The summed E-state index contributed by atoms with van der Waals surface area (Å²) in [6, 6.07) is 8.09. The Morgan fingerprint density at radius 1 is 1.29 bits per heavy atom. The quantitative estimate of drug-likeness (QED) is 0.862. The summed E-state index contributed by atoms with van der Waals surface area (Å²) in [7, 11) is 1.94. The lowest BCUT2D eigenvalue weighted by Gasteiger charge is -2.11. The SMILES string of the molecule is CCc1nn(C)c(COc2ccc([C@H](N)CC)cc2)c1Br. The van der Waals surface area contributed by atoms with Crippen molar-refractivity contribution in [3.63, 3.8) is 0 Å². The summed E-state index contributed by atoms with van der Waals surface area (Å²) in [5.41, 5.74) is 9.25.